The van der Waals surface area contributed by atoms with Crippen LogP contribution in [0.1, 0.15) is 25.1 Å². The summed E-state index contributed by atoms with van der Waals surface area (Å²) in [5, 5.41) is 9.57. The van der Waals surface area contributed by atoms with E-state index >= 15 is 0 Å². The Balaban J connectivity index is 2.12. The van der Waals surface area contributed by atoms with Crippen LogP contribution >= 0.6 is 0 Å². The number of rotatable bonds is 4. The van der Waals surface area contributed by atoms with Gasteiger partial charge in [0.15, 0.2) is 0 Å². The third kappa shape index (κ3) is 3.03. The van der Waals surface area contributed by atoms with Crippen LogP contribution in [-0.4, -0.2) is 15.1 Å². The molecule has 2 aromatic rings. The molecule has 0 spiro atoms. The average Bonchev–Trinajstić information content (AvgIpc) is 2.57. The van der Waals surface area contributed by atoms with Crippen molar-refractivity contribution in [3.05, 3.63) is 52.1 Å². The number of aromatic nitrogens is 2. The lowest BCUT2D eigenvalue weighted by atomic mass is 9.81. The molecule has 96 valence electrons. The van der Waals surface area contributed by atoms with Crippen molar-refractivity contribution in [2.45, 2.75) is 26.7 Å². The summed E-state index contributed by atoms with van der Waals surface area (Å²) in [6.07, 6.45) is 1.51. The fourth-order valence-corrected chi connectivity index (χ4v) is 2.23. The number of imidazole rings is 1. The van der Waals surface area contributed by atoms with E-state index in [1.165, 1.54) is 5.56 Å². The van der Waals surface area contributed by atoms with E-state index in [9.17, 15) is 9.90 Å². The minimum absolute atomic E-state index is 0.0377. The average molecular weight is 246 g/mol. The molecule has 0 saturated heterocycles. The fraction of sp³-hybridized carbons (Fsp3) is 0.357. The molecule has 0 aliphatic carbocycles. The summed E-state index contributed by atoms with van der Waals surface area (Å²) in [5.41, 5.74) is 1.42. The molecule has 0 bridgehead atoms. The van der Waals surface area contributed by atoms with Crippen molar-refractivity contribution in [1.29, 1.82) is 0 Å². The van der Waals surface area contributed by atoms with Crippen LogP contribution in [0.5, 0.6) is 5.88 Å². The highest BCUT2D eigenvalue weighted by molar-refractivity contribution is 5.20. The van der Waals surface area contributed by atoms with Crippen LogP contribution in [-0.2, 0) is 12.8 Å². The zero-order valence-electron chi connectivity index (χ0n) is 10.7. The SMILES string of the molecule is CC(C)(Cc1ccccc1)Cc1[nH]c(=O)[nH]c1O. The largest absolute Gasteiger partial charge is 0.493 e. The first-order valence-corrected chi connectivity index (χ1v) is 6.00. The quantitative estimate of drug-likeness (QED) is 0.774. The van der Waals surface area contributed by atoms with Gasteiger partial charge in [0, 0.05) is 0 Å². The van der Waals surface area contributed by atoms with E-state index in [0.717, 1.165) is 6.42 Å². The van der Waals surface area contributed by atoms with Crippen LogP contribution in [0, 0.1) is 5.41 Å². The number of H-pyrrole nitrogens is 2. The van der Waals surface area contributed by atoms with E-state index in [2.05, 4.69) is 35.9 Å². The molecule has 4 heteroatoms. The van der Waals surface area contributed by atoms with Gasteiger partial charge in [-0.25, -0.2) is 4.79 Å². The van der Waals surface area contributed by atoms with E-state index in [4.69, 9.17) is 0 Å². The first kappa shape index (κ1) is 12.5. The van der Waals surface area contributed by atoms with Crippen molar-refractivity contribution in [2.75, 3.05) is 0 Å². The molecule has 18 heavy (non-hydrogen) atoms. The van der Waals surface area contributed by atoms with Gasteiger partial charge in [0.2, 0.25) is 5.88 Å². The summed E-state index contributed by atoms with van der Waals surface area (Å²) >= 11 is 0. The molecule has 1 aromatic heterocycles. The summed E-state index contributed by atoms with van der Waals surface area (Å²) in [6, 6.07) is 10.2. The smallest absolute Gasteiger partial charge is 0.325 e. The third-order valence-corrected chi connectivity index (χ3v) is 2.96. The van der Waals surface area contributed by atoms with Crippen LogP contribution in [0.3, 0.4) is 0 Å². The lowest BCUT2D eigenvalue weighted by Gasteiger charge is -2.24. The van der Waals surface area contributed by atoms with Crippen molar-refractivity contribution < 1.29 is 5.11 Å². The Morgan fingerprint density at radius 2 is 1.78 bits per heavy atom. The molecule has 0 aliphatic rings. The molecule has 0 aliphatic heterocycles. The molecule has 3 N–H and O–H groups in total. The summed E-state index contributed by atoms with van der Waals surface area (Å²) < 4.78 is 0. The van der Waals surface area contributed by atoms with E-state index < -0.39 is 0 Å². The van der Waals surface area contributed by atoms with Gasteiger partial charge in [0.1, 0.15) is 0 Å². The number of nitrogens with one attached hydrogen (secondary N) is 2. The lowest BCUT2D eigenvalue weighted by Crippen LogP contribution is -2.19. The Kier molecular flexibility index (Phi) is 3.28. The summed E-state index contributed by atoms with van der Waals surface area (Å²) in [6.45, 7) is 4.23. The summed E-state index contributed by atoms with van der Waals surface area (Å²) in [5.74, 6) is -0.0545. The monoisotopic (exact) mass is 246 g/mol. The maximum absolute atomic E-state index is 11.1. The van der Waals surface area contributed by atoms with Gasteiger partial charge in [-0.2, -0.15) is 0 Å². The van der Waals surface area contributed by atoms with Gasteiger partial charge in [-0.05, 0) is 23.8 Å². The zero-order chi connectivity index (χ0) is 13.2. The fourth-order valence-electron chi connectivity index (χ4n) is 2.23. The number of hydrogen-bond acceptors (Lipinski definition) is 2. The van der Waals surface area contributed by atoms with E-state index in [0.29, 0.717) is 12.1 Å². The summed E-state index contributed by atoms with van der Waals surface area (Å²) in [4.78, 5) is 16.0. The van der Waals surface area contributed by atoms with Gasteiger partial charge >= 0.3 is 5.69 Å². The number of benzene rings is 1. The lowest BCUT2D eigenvalue weighted by molar-refractivity contribution is 0.347. The van der Waals surface area contributed by atoms with Crippen LogP contribution in [0.2, 0.25) is 0 Å². The standard InChI is InChI=1S/C14H18N2O2/c1-14(2,8-10-6-4-3-5-7-10)9-11-12(17)16-13(18)15-11/h3-7,17H,8-9H2,1-2H3,(H2,15,16,18). The molecule has 0 amide bonds. The molecule has 0 fully saturated rings. The molecule has 0 saturated carbocycles. The van der Waals surface area contributed by atoms with E-state index in [-0.39, 0.29) is 17.0 Å². The molecule has 1 aromatic carbocycles. The van der Waals surface area contributed by atoms with E-state index in [1.54, 1.807) is 0 Å². The van der Waals surface area contributed by atoms with Crippen molar-refractivity contribution >= 4 is 0 Å². The number of aromatic amines is 2. The molecule has 2 rings (SSSR count). The van der Waals surface area contributed by atoms with Crippen LogP contribution in [0.15, 0.2) is 35.1 Å². The second-order valence-corrected chi connectivity index (χ2v) is 5.41. The third-order valence-electron chi connectivity index (χ3n) is 2.96. The van der Waals surface area contributed by atoms with Crippen molar-refractivity contribution in [3.8, 4) is 5.88 Å². The van der Waals surface area contributed by atoms with Gasteiger partial charge in [-0.3, -0.25) is 4.98 Å². The predicted octanol–water partition coefficient (Wildman–Crippen LogP) is 2.22. The maximum Gasteiger partial charge on any atom is 0.325 e. The van der Waals surface area contributed by atoms with Gasteiger partial charge in [-0.15, -0.1) is 0 Å². The normalized spacial score (nSPS) is 11.7. The van der Waals surface area contributed by atoms with Gasteiger partial charge in [-0.1, -0.05) is 44.2 Å². The summed E-state index contributed by atoms with van der Waals surface area (Å²) in [7, 11) is 0. The highest BCUT2D eigenvalue weighted by Crippen LogP contribution is 2.28. The predicted molar refractivity (Wildman–Crippen MR) is 70.7 cm³/mol. The van der Waals surface area contributed by atoms with Crippen LogP contribution in [0.4, 0.5) is 0 Å². The van der Waals surface area contributed by atoms with Crippen LogP contribution < -0.4 is 5.69 Å². The zero-order valence-corrected chi connectivity index (χ0v) is 10.7. The molecule has 0 unspecified atom stereocenters. The molecule has 1 heterocycles. The highest BCUT2D eigenvalue weighted by atomic mass is 16.3. The minimum Gasteiger partial charge on any atom is -0.493 e. The molecular formula is C14H18N2O2. The first-order chi connectivity index (χ1) is 8.46. The Bertz CT molecular complexity index is 567. The van der Waals surface area contributed by atoms with Crippen molar-refractivity contribution in [3.63, 3.8) is 0 Å². The van der Waals surface area contributed by atoms with E-state index in [1.807, 2.05) is 18.2 Å². The topological polar surface area (TPSA) is 68.9 Å². The molecular weight excluding hydrogens is 228 g/mol. The minimum atomic E-state index is -0.363. The highest BCUT2D eigenvalue weighted by Gasteiger charge is 2.22. The Morgan fingerprint density at radius 3 is 2.33 bits per heavy atom. The maximum atomic E-state index is 11.1. The van der Waals surface area contributed by atoms with Crippen LogP contribution in [0.25, 0.3) is 0 Å². The second-order valence-electron chi connectivity index (χ2n) is 5.41. The van der Waals surface area contributed by atoms with Crippen molar-refractivity contribution in [1.82, 2.24) is 9.97 Å². The van der Waals surface area contributed by atoms with Gasteiger partial charge in [0.25, 0.3) is 0 Å². The number of aromatic hydroxyl groups is 1. The molecule has 0 radical (unpaired) electrons. The Labute approximate surface area is 106 Å². The van der Waals surface area contributed by atoms with Gasteiger partial charge < -0.3 is 10.1 Å². The first-order valence-electron chi connectivity index (χ1n) is 6.00. The Morgan fingerprint density at radius 1 is 1.11 bits per heavy atom. The molecule has 4 nitrogen and oxygen atoms in total. The second kappa shape index (κ2) is 4.72. The molecule has 0 atom stereocenters. The van der Waals surface area contributed by atoms with Gasteiger partial charge in [0.05, 0.1) is 5.69 Å². The van der Waals surface area contributed by atoms with Crippen molar-refractivity contribution in [2.24, 2.45) is 5.41 Å². The Hall–Kier alpha value is -1.97. The number of hydrogen-bond donors (Lipinski definition) is 3.